The maximum atomic E-state index is 14.6. The summed E-state index contributed by atoms with van der Waals surface area (Å²) in [5.74, 6) is -1.89. The van der Waals surface area contributed by atoms with Crippen molar-refractivity contribution < 1.29 is 24.2 Å². The summed E-state index contributed by atoms with van der Waals surface area (Å²) in [5.41, 5.74) is 0. The van der Waals surface area contributed by atoms with Crippen LogP contribution in [0.25, 0.3) is 0 Å². The summed E-state index contributed by atoms with van der Waals surface area (Å²) in [6.07, 6.45) is 8.93. The standard InChI is InChI=1S/C30H48N2O5S/c1-8-12-13-18-37-28(36)24-23-26(34)32(22(19-33)20(5)11-4)25(30(23)16-15-29(24,7)38-30)27(35)31(17-10-3)21(6)14-9-2/h8,10,20-25,33H,1,3,9,11-19H2,2,4-7H3/t20-,21?,22-,23-,24-,25?,29+,30?/m0/s1. The van der Waals surface area contributed by atoms with E-state index in [4.69, 9.17) is 4.74 Å². The van der Waals surface area contributed by atoms with Gasteiger partial charge >= 0.3 is 5.97 Å². The highest BCUT2D eigenvalue weighted by Gasteiger charge is 2.78. The molecule has 3 saturated heterocycles. The second kappa shape index (κ2) is 12.6. The fourth-order valence-electron chi connectivity index (χ4n) is 7.02. The van der Waals surface area contributed by atoms with Gasteiger partial charge in [0, 0.05) is 17.3 Å². The Balaban J connectivity index is 2.09. The molecule has 3 heterocycles. The highest BCUT2D eigenvalue weighted by molar-refractivity contribution is 8.02. The number of amides is 2. The number of esters is 1. The largest absolute Gasteiger partial charge is 0.465 e. The summed E-state index contributed by atoms with van der Waals surface area (Å²) in [5, 5.41) is 10.5. The molecule has 3 unspecified atom stereocenters. The van der Waals surface area contributed by atoms with Crippen molar-refractivity contribution in [2.24, 2.45) is 17.8 Å². The van der Waals surface area contributed by atoms with Gasteiger partial charge in [-0.25, -0.2) is 0 Å². The topological polar surface area (TPSA) is 87.1 Å². The predicted molar refractivity (Wildman–Crippen MR) is 153 cm³/mol. The molecule has 0 radical (unpaired) electrons. The third-order valence-corrected chi connectivity index (χ3v) is 11.2. The molecule has 38 heavy (non-hydrogen) atoms. The molecule has 3 rings (SSSR count). The van der Waals surface area contributed by atoms with Crippen LogP contribution in [0.5, 0.6) is 0 Å². The van der Waals surface area contributed by atoms with Gasteiger partial charge in [-0.1, -0.05) is 45.8 Å². The van der Waals surface area contributed by atoms with Crippen molar-refractivity contribution >= 4 is 29.5 Å². The van der Waals surface area contributed by atoms with Gasteiger partial charge in [-0.2, -0.15) is 0 Å². The lowest BCUT2D eigenvalue weighted by Gasteiger charge is -2.42. The third-order valence-electron chi connectivity index (χ3n) is 9.19. The average molecular weight is 549 g/mol. The number of hydrogen-bond donors (Lipinski definition) is 1. The molecule has 1 N–H and O–H groups in total. The molecule has 2 amide bonds. The first-order valence-corrected chi connectivity index (χ1v) is 15.2. The van der Waals surface area contributed by atoms with E-state index in [-0.39, 0.29) is 43.0 Å². The van der Waals surface area contributed by atoms with Crippen LogP contribution < -0.4 is 0 Å². The number of unbranched alkanes of at least 4 members (excludes halogenated alkanes) is 1. The highest BCUT2D eigenvalue weighted by atomic mass is 32.2. The summed E-state index contributed by atoms with van der Waals surface area (Å²) in [6, 6.07) is -1.25. The molecule has 214 valence electrons. The maximum Gasteiger partial charge on any atom is 0.311 e. The van der Waals surface area contributed by atoms with Gasteiger partial charge in [0.25, 0.3) is 0 Å². The van der Waals surface area contributed by atoms with Crippen molar-refractivity contribution in [1.29, 1.82) is 0 Å². The molecule has 0 aromatic heterocycles. The van der Waals surface area contributed by atoms with Crippen molar-refractivity contribution in [3.63, 3.8) is 0 Å². The van der Waals surface area contributed by atoms with E-state index in [9.17, 15) is 19.5 Å². The molecule has 0 aliphatic carbocycles. The fraction of sp³-hybridized carbons (Fsp3) is 0.767. The van der Waals surface area contributed by atoms with Gasteiger partial charge in [-0.15, -0.1) is 24.9 Å². The van der Waals surface area contributed by atoms with Gasteiger partial charge in [-0.05, 0) is 51.9 Å². The summed E-state index contributed by atoms with van der Waals surface area (Å²) >= 11 is 1.65. The van der Waals surface area contributed by atoms with Crippen LogP contribution in [0.3, 0.4) is 0 Å². The number of ether oxygens (including phenoxy) is 1. The van der Waals surface area contributed by atoms with E-state index in [1.165, 1.54) is 0 Å². The van der Waals surface area contributed by atoms with Crippen molar-refractivity contribution in [2.45, 2.75) is 107 Å². The smallest absolute Gasteiger partial charge is 0.311 e. The molecule has 0 aromatic carbocycles. The van der Waals surface area contributed by atoms with Crippen LogP contribution >= 0.6 is 11.8 Å². The molecule has 2 bridgehead atoms. The van der Waals surface area contributed by atoms with Crippen LogP contribution in [0.4, 0.5) is 0 Å². The highest BCUT2D eigenvalue weighted by Crippen LogP contribution is 2.72. The van der Waals surface area contributed by atoms with Gasteiger partial charge in [0.1, 0.15) is 6.04 Å². The molecule has 0 saturated carbocycles. The van der Waals surface area contributed by atoms with Crippen LogP contribution in [0, 0.1) is 17.8 Å². The summed E-state index contributed by atoms with van der Waals surface area (Å²) in [6.45, 7) is 18.3. The Labute approximate surface area is 233 Å². The summed E-state index contributed by atoms with van der Waals surface area (Å²) in [4.78, 5) is 46.0. The number of aliphatic hydroxyl groups excluding tert-OH is 1. The molecule has 0 aromatic rings. The van der Waals surface area contributed by atoms with E-state index in [0.29, 0.717) is 19.4 Å². The van der Waals surface area contributed by atoms with Crippen LogP contribution in [0.2, 0.25) is 0 Å². The molecule has 8 atom stereocenters. The Hall–Kier alpha value is -1.80. The summed E-state index contributed by atoms with van der Waals surface area (Å²) < 4.78 is 4.52. The molecule has 3 fully saturated rings. The van der Waals surface area contributed by atoms with E-state index in [1.54, 1.807) is 28.8 Å². The van der Waals surface area contributed by atoms with Crippen molar-refractivity contribution in [3.05, 3.63) is 25.3 Å². The van der Waals surface area contributed by atoms with Crippen LogP contribution in [0.1, 0.15) is 79.6 Å². The Kier molecular flexibility index (Phi) is 10.2. The van der Waals surface area contributed by atoms with E-state index in [1.807, 2.05) is 25.7 Å². The van der Waals surface area contributed by atoms with Gasteiger partial charge < -0.3 is 19.6 Å². The molecule has 3 aliphatic heterocycles. The van der Waals surface area contributed by atoms with Gasteiger partial charge in [-0.3, -0.25) is 14.4 Å². The number of thioether (sulfide) groups is 1. The van der Waals surface area contributed by atoms with Gasteiger partial charge in [0.15, 0.2) is 0 Å². The number of fused-ring (bicyclic) bond motifs is 1. The number of carbonyl (C=O) groups excluding carboxylic acids is 3. The van der Waals surface area contributed by atoms with Crippen LogP contribution in [-0.4, -0.2) is 80.1 Å². The zero-order valence-corrected chi connectivity index (χ0v) is 24.8. The van der Waals surface area contributed by atoms with E-state index in [2.05, 4.69) is 27.0 Å². The third kappa shape index (κ3) is 5.19. The quantitative estimate of drug-likeness (QED) is 0.183. The molecule has 8 heteroatoms. The molecular formula is C30H48N2O5S. The van der Waals surface area contributed by atoms with E-state index in [0.717, 1.165) is 32.1 Å². The Bertz CT molecular complexity index is 911. The second-order valence-electron chi connectivity index (χ2n) is 11.6. The maximum absolute atomic E-state index is 14.6. The normalized spacial score (nSPS) is 32.0. The number of carbonyl (C=O) groups is 3. The van der Waals surface area contributed by atoms with Crippen molar-refractivity contribution in [2.75, 3.05) is 19.8 Å². The lowest BCUT2D eigenvalue weighted by molar-refractivity contribution is -0.156. The van der Waals surface area contributed by atoms with Gasteiger partial charge in [0.05, 0.1) is 35.8 Å². The predicted octanol–water partition coefficient (Wildman–Crippen LogP) is 4.59. The first kappa shape index (κ1) is 30.7. The summed E-state index contributed by atoms with van der Waals surface area (Å²) in [7, 11) is 0. The number of likely N-dealkylation sites (tertiary alicyclic amines) is 1. The van der Waals surface area contributed by atoms with Gasteiger partial charge in [0.2, 0.25) is 11.8 Å². The van der Waals surface area contributed by atoms with Crippen molar-refractivity contribution in [3.8, 4) is 0 Å². The SMILES string of the molecule is C=CCCCOC(=O)[C@@H]1[C@H]2C(=O)N([C@@H](CO)[C@@H](C)CC)C(C(=O)N(CC=C)C(C)CCC)C23CC[C@@]1(C)S3. The molecular weight excluding hydrogens is 500 g/mol. The molecule has 1 spiro atoms. The monoisotopic (exact) mass is 548 g/mol. The lowest BCUT2D eigenvalue weighted by Crippen LogP contribution is -2.59. The minimum Gasteiger partial charge on any atom is -0.465 e. The number of rotatable bonds is 15. The molecule has 7 nitrogen and oxygen atoms in total. The second-order valence-corrected chi connectivity index (χ2v) is 13.5. The first-order chi connectivity index (χ1) is 18.1. The number of allylic oxidation sites excluding steroid dienone is 1. The minimum atomic E-state index is -0.740. The lowest BCUT2D eigenvalue weighted by atomic mass is 9.66. The van der Waals surface area contributed by atoms with Crippen molar-refractivity contribution in [1.82, 2.24) is 9.80 Å². The van der Waals surface area contributed by atoms with E-state index < -0.39 is 33.4 Å². The zero-order valence-electron chi connectivity index (χ0n) is 24.0. The fourth-order valence-corrected chi connectivity index (χ4v) is 9.34. The first-order valence-electron chi connectivity index (χ1n) is 14.4. The minimum absolute atomic E-state index is 0.00233. The number of aliphatic hydroxyl groups is 1. The Morgan fingerprint density at radius 2 is 1.97 bits per heavy atom. The van der Waals surface area contributed by atoms with E-state index >= 15 is 0 Å². The zero-order chi connectivity index (χ0) is 28.3. The Morgan fingerprint density at radius 3 is 2.55 bits per heavy atom. The Morgan fingerprint density at radius 1 is 1.26 bits per heavy atom. The molecule has 3 aliphatic rings. The average Bonchev–Trinajstić information content (AvgIpc) is 3.46. The number of nitrogens with zero attached hydrogens (tertiary/aromatic N) is 2. The number of hydrogen-bond acceptors (Lipinski definition) is 6. The van der Waals surface area contributed by atoms with Crippen LogP contribution in [-0.2, 0) is 19.1 Å². The van der Waals surface area contributed by atoms with Crippen LogP contribution in [0.15, 0.2) is 25.3 Å².